The fraction of sp³-hybridized carbons (Fsp3) is 0.875. The van der Waals surface area contributed by atoms with Crippen LogP contribution in [0.15, 0.2) is 0 Å². The molecule has 3 nitrogen and oxygen atoms in total. The summed E-state index contributed by atoms with van der Waals surface area (Å²) in [5.41, 5.74) is 0. The fourth-order valence-corrected chi connectivity index (χ4v) is 1.50. The molecule has 0 spiro atoms. The lowest BCUT2D eigenvalue weighted by atomic mass is 9.92. The molecule has 1 heterocycles. The van der Waals surface area contributed by atoms with E-state index in [0.717, 1.165) is 19.5 Å². The van der Waals surface area contributed by atoms with Crippen LogP contribution in [0.1, 0.15) is 13.3 Å². The van der Waals surface area contributed by atoms with E-state index < -0.39 is 0 Å². The first-order chi connectivity index (χ1) is 5.24. The number of carbonyl (C=O) groups is 1. The lowest BCUT2D eigenvalue weighted by Crippen LogP contribution is -2.39. The fourth-order valence-electron chi connectivity index (χ4n) is 1.50. The van der Waals surface area contributed by atoms with Crippen molar-refractivity contribution in [2.75, 3.05) is 20.2 Å². The van der Waals surface area contributed by atoms with Crippen molar-refractivity contribution in [2.45, 2.75) is 13.3 Å². The van der Waals surface area contributed by atoms with E-state index in [9.17, 15) is 4.79 Å². The lowest BCUT2D eigenvalue weighted by Gasteiger charge is -2.25. The molecule has 1 fully saturated rings. The van der Waals surface area contributed by atoms with E-state index in [4.69, 9.17) is 0 Å². The van der Waals surface area contributed by atoms with Gasteiger partial charge in [-0.3, -0.25) is 4.79 Å². The minimum Gasteiger partial charge on any atom is -0.469 e. The standard InChI is InChI=1S/C8H15NO2/c1-6-3-7(5-9-4-6)8(10)11-2/h6-7,9H,3-5H2,1-2H3/t6-,7-/m1/s1. The Morgan fingerprint density at radius 3 is 2.82 bits per heavy atom. The Bertz CT molecular complexity index is 147. The quantitative estimate of drug-likeness (QED) is 0.560. The number of piperidine rings is 1. The first-order valence-electron chi connectivity index (χ1n) is 4.02. The average molecular weight is 157 g/mol. The highest BCUT2D eigenvalue weighted by Gasteiger charge is 2.24. The van der Waals surface area contributed by atoms with Gasteiger partial charge in [0.1, 0.15) is 0 Å². The Morgan fingerprint density at radius 1 is 1.55 bits per heavy atom. The van der Waals surface area contributed by atoms with Gasteiger partial charge in [0.2, 0.25) is 0 Å². The van der Waals surface area contributed by atoms with Crippen LogP contribution in [0.4, 0.5) is 0 Å². The van der Waals surface area contributed by atoms with E-state index in [2.05, 4.69) is 17.0 Å². The van der Waals surface area contributed by atoms with Crippen molar-refractivity contribution in [3.63, 3.8) is 0 Å². The minimum atomic E-state index is -0.0796. The number of hydrogen-bond donors (Lipinski definition) is 1. The van der Waals surface area contributed by atoms with E-state index in [1.54, 1.807) is 0 Å². The largest absolute Gasteiger partial charge is 0.469 e. The van der Waals surface area contributed by atoms with Gasteiger partial charge in [-0.15, -0.1) is 0 Å². The number of hydrogen-bond acceptors (Lipinski definition) is 3. The minimum absolute atomic E-state index is 0.0729. The molecule has 3 heteroatoms. The molecule has 0 aromatic rings. The Hall–Kier alpha value is -0.570. The predicted octanol–water partition coefficient (Wildman–Crippen LogP) is 0.405. The Kier molecular flexibility index (Phi) is 2.88. The molecule has 0 aromatic heterocycles. The van der Waals surface area contributed by atoms with E-state index >= 15 is 0 Å². The third-order valence-corrected chi connectivity index (χ3v) is 2.10. The molecule has 64 valence electrons. The molecule has 1 saturated heterocycles. The van der Waals surface area contributed by atoms with Gasteiger partial charge in [0.25, 0.3) is 0 Å². The summed E-state index contributed by atoms with van der Waals surface area (Å²) >= 11 is 0. The molecular weight excluding hydrogens is 142 g/mol. The maximum atomic E-state index is 11.1. The zero-order valence-electron chi connectivity index (χ0n) is 7.09. The Morgan fingerprint density at radius 2 is 2.27 bits per heavy atom. The van der Waals surface area contributed by atoms with Gasteiger partial charge in [-0.05, 0) is 18.9 Å². The summed E-state index contributed by atoms with van der Waals surface area (Å²) in [6.45, 7) is 3.94. The van der Waals surface area contributed by atoms with Crippen LogP contribution in [0.2, 0.25) is 0 Å². The molecular formula is C8H15NO2. The molecule has 0 amide bonds. The summed E-state index contributed by atoms with van der Waals surface area (Å²) in [5, 5.41) is 3.20. The summed E-state index contributed by atoms with van der Waals surface area (Å²) in [6, 6.07) is 0. The van der Waals surface area contributed by atoms with Gasteiger partial charge in [-0.1, -0.05) is 6.92 Å². The van der Waals surface area contributed by atoms with Crippen LogP contribution in [0.25, 0.3) is 0 Å². The van der Waals surface area contributed by atoms with Crippen LogP contribution >= 0.6 is 0 Å². The van der Waals surface area contributed by atoms with E-state index in [1.807, 2.05) is 0 Å². The molecule has 0 bridgehead atoms. The molecule has 1 N–H and O–H groups in total. The summed E-state index contributed by atoms with van der Waals surface area (Å²) in [6.07, 6.45) is 0.958. The van der Waals surface area contributed by atoms with Crippen molar-refractivity contribution in [1.82, 2.24) is 5.32 Å². The zero-order chi connectivity index (χ0) is 8.27. The van der Waals surface area contributed by atoms with Crippen molar-refractivity contribution in [1.29, 1.82) is 0 Å². The van der Waals surface area contributed by atoms with Crippen LogP contribution in [-0.2, 0) is 9.53 Å². The number of carbonyl (C=O) groups excluding carboxylic acids is 1. The molecule has 0 saturated carbocycles. The average Bonchev–Trinajstić information content (AvgIpc) is 2.03. The lowest BCUT2D eigenvalue weighted by molar-refractivity contribution is -0.146. The SMILES string of the molecule is COC(=O)[C@H]1CNC[C@H](C)C1. The van der Waals surface area contributed by atoms with Gasteiger partial charge in [-0.2, -0.15) is 0 Å². The molecule has 1 aliphatic heterocycles. The molecule has 0 aliphatic carbocycles. The van der Waals surface area contributed by atoms with E-state index in [1.165, 1.54) is 7.11 Å². The normalized spacial score (nSPS) is 31.5. The summed E-state index contributed by atoms with van der Waals surface area (Å²) in [5.74, 6) is 0.584. The number of nitrogens with one attached hydrogen (secondary N) is 1. The van der Waals surface area contributed by atoms with E-state index in [0.29, 0.717) is 5.92 Å². The van der Waals surface area contributed by atoms with Gasteiger partial charge in [-0.25, -0.2) is 0 Å². The third kappa shape index (κ3) is 2.19. The second-order valence-electron chi connectivity index (χ2n) is 3.22. The van der Waals surface area contributed by atoms with Gasteiger partial charge in [0, 0.05) is 6.54 Å². The van der Waals surface area contributed by atoms with E-state index in [-0.39, 0.29) is 11.9 Å². The summed E-state index contributed by atoms with van der Waals surface area (Å²) in [4.78, 5) is 11.1. The highest BCUT2D eigenvalue weighted by atomic mass is 16.5. The highest BCUT2D eigenvalue weighted by Crippen LogP contribution is 2.16. The molecule has 0 unspecified atom stereocenters. The first-order valence-corrected chi connectivity index (χ1v) is 4.02. The molecule has 2 atom stereocenters. The van der Waals surface area contributed by atoms with Gasteiger partial charge in [0.15, 0.2) is 0 Å². The Balaban J connectivity index is 2.39. The smallest absolute Gasteiger partial charge is 0.309 e. The molecule has 1 aliphatic rings. The summed E-state index contributed by atoms with van der Waals surface area (Å²) < 4.78 is 4.66. The predicted molar refractivity (Wildman–Crippen MR) is 42.2 cm³/mol. The molecule has 0 radical (unpaired) electrons. The topological polar surface area (TPSA) is 38.3 Å². The van der Waals surface area contributed by atoms with Gasteiger partial charge in [0.05, 0.1) is 13.0 Å². The second kappa shape index (κ2) is 3.72. The van der Waals surface area contributed by atoms with Crippen LogP contribution in [0.3, 0.4) is 0 Å². The number of methoxy groups -OCH3 is 1. The second-order valence-corrected chi connectivity index (χ2v) is 3.22. The monoisotopic (exact) mass is 157 g/mol. The third-order valence-electron chi connectivity index (χ3n) is 2.10. The Labute approximate surface area is 67.1 Å². The molecule has 0 aromatic carbocycles. The van der Waals surface area contributed by atoms with Crippen molar-refractivity contribution in [2.24, 2.45) is 11.8 Å². The van der Waals surface area contributed by atoms with Gasteiger partial charge < -0.3 is 10.1 Å². The zero-order valence-corrected chi connectivity index (χ0v) is 7.09. The van der Waals surface area contributed by atoms with Crippen LogP contribution in [0.5, 0.6) is 0 Å². The van der Waals surface area contributed by atoms with Crippen molar-refractivity contribution >= 4 is 5.97 Å². The van der Waals surface area contributed by atoms with Crippen molar-refractivity contribution in [3.05, 3.63) is 0 Å². The molecule has 1 rings (SSSR count). The maximum absolute atomic E-state index is 11.1. The van der Waals surface area contributed by atoms with Gasteiger partial charge >= 0.3 is 5.97 Å². The number of ether oxygens (including phenoxy) is 1. The number of rotatable bonds is 1. The molecule has 11 heavy (non-hydrogen) atoms. The summed E-state index contributed by atoms with van der Waals surface area (Å²) in [7, 11) is 1.45. The van der Waals surface area contributed by atoms with Crippen LogP contribution in [0, 0.1) is 11.8 Å². The number of esters is 1. The van der Waals surface area contributed by atoms with Crippen molar-refractivity contribution < 1.29 is 9.53 Å². The maximum Gasteiger partial charge on any atom is 0.309 e. The van der Waals surface area contributed by atoms with Crippen LogP contribution in [-0.4, -0.2) is 26.2 Å². The highest BCUT2D eigenvalue weighted by molar-refractivity contribution is 5.72. The first kappa shape index (κ1) is 8.53. The van der Waals surface area contributed by atoms with Crippen LogP contribution < -0.4 is 5.32 Å². The van der Waals surface area contributed by atoms with Crippen molar-refractivity contribution in [3.8, 4) is 0 Å².